The normalized spacial score (nSPS) is 30.1. The first kappa shape index (κ1) is 77.8. The minimum absolute atomic E-state index is 0. The lowest BCUT2D eigenvalue weighted by atomic mass is 9.48. The Balaban J connectivity index is 0.000000119. The summed E-state index contributed by atoms with van der Waals surface area (Å²) in [7, 11) is 3.02. The number of methoxy groups -OCH3 is 1. The van der Waals surface area contributed by atoms with Crippen molar-refractivity contribution in [2.75, 3.05) is 66.3 Å². The zero-order valence-corrected chi connectivity index (χ0v) is 66.6. The minimum Gasteiger partial charge on any atom is -0.481 e. The van der Waals surface area contributed by atoms with E-state index in [1.165, 1.54) is 274 Å². The molecule has 0 N–H and O–H groups in total. The van der Waals surface area contributed by atoms with Crippen molar-refractivity contribution in [2.24, 2.45) is 70.0 Å². The summed E-state index contributed by atoms with van der Waals surface area (Å²) in [4.78, 5) is 57.0. The van der Waals surface area contributed by atoms with E-state index in [0.29, 0.717) is 79.8 Å². The molecule has 0 spiro atoms. The first-order chi connectivity index (χ1) is 50.6. The third-order valence-electron chi connectivity index (χ3n) is 28.0. The predicted octanol–water partition coefficient (Wildman–Crippen LogP) is 21.0. The number of benzene rings is 6. The van der Waals surface area contributed by atoms with Gasteiger partial charge in [0, 0.05) is 88.8 Å². The number of fused-ring (bicyclic) bond motifs is 2. The lowest BCUT2D eigenvalue weighted by Gasteiger charge is -2.56. The number of carbonyl (C=O) groups excluding carboxylic acids is 4. The lowest BCUT2D eigenvalue weighted by molar-refractivity contribution is -0.172. The van der Waals surface area contributed by atoms with E-state index in [2.05, 4.69) is 117 Å². The molecule has 106 heavy (non-hydrogen) atoms. The van der Waals surface area contributed by atoms with Crippen LogP contribution in [0.5, 0.6) is 11.5 Å². The van der Waals surface area contributed by atoms with Crippen molar-refractivity contribution >= 4 is 88.6 Å². The van der Waals surface area contributed by atoms with Gasteiger partial charge in [0.15, 0.2) is 32.8 Å². The van der Waals surface area contributed by atoms with Crippen molar-refractivity contribution in [3.63, 3.8) is 0 Å². The number of carbonyl (C=O) groups is 4. The Morgan fingerprint density at radius 3 is 1.04 bits per heavy atom. The van der Waals surface area contributed by atoms with Gasteiger partial charge in [0.1, 0.15) is 75.2 Å². The molecule has 0 amide bonds. The molecule has 12 saturated carbocycles. The van der Waals surface area contributed by atoms with Gasteiger partial charge in [0.25, 0.3) is 0 Å². The molecule has 8 nitrogen and oxygen atoms in total. The molecule has 570 valence electrons. The van der Waals surface area contributed by atoms with Crippen LogP contribution < -0.4 is 9.47 Å². The maximum atomic E-state index is 13.6. The SMILES string of the molecule is C.C.COC(=O)COc1ccc([S+]2CCCC2)c2ccccc12.Cc1cc([S+]2CCCC2)cc(C)c1CC(=O)C12CC3CC(CC(C3)C1)C2.Cc1cc([S+]2CCCCC2)cc(C)c1CC(=O)C12CC3CC(CC(C3)C1)C2.O=C(COc1ccc([S+]2CCCC2)c2ccccc12)OC1C2CC3CC(C2)CC1C3. The summed E-state index contributed by atoms with van der Waals surface area (Å²) in [6.45, 7) is 8.97. The molecule has 22 rings (SSSR count). The van der Waals surface area contributed by atoms with Crippen LogP contribution in [0.25, 0.3) is 21.5 Å². The Bertz CT molecular complexity index is 3970. The molecule has 4 saturated heterocycles. The van der Waals surface area contributed by atoms with Crippen LogP contribution in [0.15, 0.2) is 117 Å². The number of ketones is 2. The molecule has 12 heteroatoms. The molecular weight excluding hydrogens is 1390 g/mol. The molecule has 0 radical (unpaired) electrons. The van der Waals surface area contributed by atoms with Crippen molar-refractivity contribution in [3.8, 4) is 11.5 Å². The zero-order valence-electron chi connectivity index (χ0n) is 63.4. The molecular formula is C94H126O8S4+4. The lowest BCUT2D eigenvalue weighted by Crippen LogP contribution is -2.50. The number of hydrogen-bond donors (Lipinski definition) is 0. The second kappa shape index (κ2) is 34.0. The molecule has 4 aliphatic heterocycles. The highest BCUT2D eigenvalue weighted by Crippen LogP contribution is 2.62. The first-order valence-corrected chi connectivity index (χ1v) is 47.4. The van der Waals surface area contributed by atoms with Crippen molar-refractivity contribution in [1.29, 1.82) is 0 Å². The molecule has 6 aromatic carbocycles. The zero-order chi connectivity index (χ0) is 71.2. The third-order valence-corrected chi connectivity index (χ3v) is 38.0. The Kier molecular flexibility index (Phi) is 25.0. The predicted molar refractivity (Wildman–Crippen MR) is 445 cm³/mol. The van der Waals surface area contributed by atoms with Crippen LogP contribution in [0.2, 0.25) is 0 Å². The van der Waals surface area contributed by atoms with Gasteiger partial charge in [0.05, 0.1) is 7.11 Å². The molecule has 12 bridgehead atoms. The number of hydrogen-bond acceptors (Lipinski definition) is 8. The smallest absolute Gasteiger partial charge is 0.344 e. The van der Waals surface area contributed by atoms with Crippen LogP contribution in [0.1, 0.15) is 215 Å². The van der Waals surface area contributed by atoms with Crippen LogP contribution in [-0.4, -0.2) is 96.0 Å². The molecule has 0 aromatic heterocycles. The first-order valence-electron chi connectivity index (χ1n) is 41.1. The van der Waals surface area contributed by atoms with E-state index in [0.717, 1.165) is 69.6 Å². The van der Waals surface area contributed by atoms with Gasteiger partial charge in [-0.2, -0.15) is 0 Å². The van der Waals surface area contributed by atoms with Crippen LogP contribution in [0.3, 0.4) is 0 Å². The largest absolute Gasteiger partial charge is 0.481 e. The number of aryl methyl sites for hydroxylation is 4. The third kappa shape index (κ3) is 16.8. The van der Waals surface area contributed by atoms with Crippen LogP contribution in [0, 0.1) is 97.7 Å². The highest BCUT2D eigenvalue weighted by molar-refractivity contribution is 7.98. The molecule has 6 aromatic rings. The van der Waals surface area contributed by atoms with E-state index >= 15 is 0 Å². The highest BCUT2D eigenvalue weighted by atomic mass is 32.2. The van der Waals surface area contributed by atoms with E-state index in [1.807, 2.05) is 12.1 Å². The van der Waals surface area contributed by atoms with E-state index in [9.17, 15) is 19.2 Å². The van der Waals surface area contributed by atoms with Crippen molar-refractivity contribution in [1.82, 2.24) is 0 Å². The van der Waals surface area contributed by atoms with Gasteiger partial charge in [-0.25, -0.2) is 9.59 Å². The van der Waals surface area contributed by atoms with Gasteiger partial charge in [0.2, 0.25) is 0 Å². The fourth-order valence-electron chi connectivity index (χ4n) is 23.9. The van der Waals surface area contributed by atoms with Gasteiger partial charge >= 0.3 is 11.9 Å². The Morgan fingerprint density at radius 1 is 0.377 bits per heavy atom. The molecule has 12 aliphatic carbocycles. The standard InChI is InChI=1S/C26H31O3S.C25H35OS.C24H33OS.C17H19O3S.2CH4/c27-25(29-26-19-12-17-11-18(14-19)15-20(26)13-17)16-28-23-7-8-24(30-9-3-4-10-30)22-6-2-1-5-21(22)23;1-17-8-22(27-6-4-3-5-7-27)9-18(2)23(17)13-24(26)25-14-19-10-20(15-25)12-21(11-19)16-25;1-16-7-21(26-5-3-4-6-26)8-17(2)22(16)12-23(25)24-13-18-9-19(14-24)11-20(10-18)15-24;1-19-17(18)12-20-15-8-9-16(21-10-4-5-11-21)14-7-3-2-6-13(14)15;;/h1-2,5-8,17-20,26H,3-4,9-16H2;8-9,19-21H,3-7,10-16H2,1-2H3;7-8,18-20H,3-6,9-15H2,1-2H3;2-3,6-9H,4-5,10-12H2,1H3;2*1H4/q4*+1;;. The van der Waals surface area contributed by atoms with Crippen molar-refractivity contribution in [3.05, 3.63) is 130 Å². The Morgan fingerprint density at radius 2 is 0.689 bits per heavy atom. The minimum atomic E-state index is -0.360. The summed E-state index contributed by atoms with van der Waals surface area (Å²) in [5.41, 5.74) is 8.30. The van der Waals surface area contributed by atoms with E-state index in [1.54, 1.807) is 9.79 Å². The summed E-state index contributed by atoms with van der Waals surface area (Å²) >= 11 is 0. The fraction of sp³-hybridized carbons (Fsp3) is 0.617. The molecule has 4 heterocycles. The maximum Gasteiger partial charge on any atom is 0.344 e. The summed E-state index contributed by atoms with van der Waals surface area (Å²) in [5.74, 6) is 21.0. The average molecular weight is 1510 g/mol. The van der Waals surface area contributed by atoms with Gasteiger partial charge < -0.3 is 18.9 Å². The number of rotatable bonds is 17. The van der Waals surface area contributed by atoms with Crippen LogP contribution >= 0.6 is 0 Å². The Labute approximate surface area is 648 Å². The maximum absolute atomic E-state index is 13.6. The summed E-state index contributed by atoms with van der Waals surface area (Å²) in [6.07, 6.45) is 36.1. The quantitative estimate of drug-likeness (QED) is 0.0657. The highest BCUT2D eigenvalue weighted by Gasteiger charge is 2.56. The number of ether oxygens (including phenoxy) is 4. The molecule has 16 aliphatic rings. The summed E-state index contributed by atoms with van der Waals surface area (Å²) < 4.78 is 22.3. The second-order valence-corrected chi connectivity index (χ2v) is 44.2. The van der Waals surface area contributed by atoms with E-state index < -0.39 is 0 Å². The number of Topliss-reactive ketones (excluding diaryl/α,β-unsaturated/α-hetero) is 2. The molecule has 0 atom stereocenters. The Hall–Kier alpha value is -4.88. The van der Waals surface area contributed by atoms with E-state index in [-0.39, 0.29) is 56.9 Å². The van der Waals surface area contributed by atoms with Gasteiger partial charge in [-0.15, -0.1) is 0 Å². The van der Waals surface area contributed by atoms with Crippen LogP contribution in [0.4, 0.5) is 0 Å². The van der Waals surface area contributed by atoms with Gasteiger partial charge in [-0.3, -0.25) is 9.59 Å². The van der Waals surface area contributed by atoms with Gasteiger partial charge in [-0.1, -0.05) is 51.3 Å². The topological polar surface area (TPSA) is 105 Å². The average Bonchev–Trinajstić information content (AvgIpc) is 0.893. The fourth-order valence-corrected chi connectivity index (χ4v) is 33.9. The number of esters is 2. The molecule has 0 unspecified atom stereocenters. The van der Waals surface area contributed by atoms with Crippen LogP contribution in [-0.2, 0) is 85.1 Å². The van der Waals surface area contributed by atoms with E-state index in [4.69, 9.17) is 14.2 Å². The monoisotopic (exact) mass is 1510 g/mol. The second-order valence-electron chi connectivity index (χ2n) is 35.2. The summed E-state index contributed by atoms with van der Waals surface area (Å²) in [6, 6.07) is 35.0. The van der Waals surface area contributed by atoms with Crippen molar-refractivity contribution in [2.45, 2.75) is 248 Å². The van der Waals surface area contributed by atoms with Gasteiger partial charge in [-0.05, 0) is 348 Å². The summed E-state index contributed by atoms with van der Waals surface area (Å²) in [5, 5.41) is 4.75. The molecule has 16 fully saturated rings. The van der Waals surface area contributed by atoms with Crippen molar-refractivity contribution < 1.29 is 38.1 Å².